The average molecular weight is 184 g/mol. The van der Waals surface area contributed by atoms with Gasteiger partial charge in [0.05, 0.1) is 6.07 Å². The van der Waals surface area contributed by atoms with Gasteiger partial charge in [0.25, 0.3) is 0 Å². The molecule has 0 radical (unpaired) electrons. The molecule has 0 fully saturated rings. The number of carbonyl (C=O) groups excluding carboxylic acids is 1. The summed E-state index contributed by atoms with van der Waals surface area (Å²) in [6, 6.07) is 1.71. The Labute approximate surface area is 78.8 Å². The molecule has 0 aliphatic heterocycles. The minimum absolute atomic E-state index is 0.0168. The van der Waals surface area contributed by atoms with Crippen molar-refractivity contribution in [3.05, 3.63) is 0 Å². The quantitative estimate of drug-likeness (QED) is 0.677. The zero-order valence-corrected chi connectivity index (χ0v) is 8.16. The number of amides is 1. The fourth-order valence-corrected chi connectivity index (χ4v) is 1.03. The summed E-state index contributed by atoms with van der Waals surface area (Å²) in [6.07, 6.45) is 1.41. The van der Waals surface area contributed by atoms with E-state index in [2.05, 4.69) is 6.07 Å². The van der Waals surface area contributed by atoms with Crippen LogP contribution < -0.4 is 0 Å². The molecule has 4 nitrogen and oxygen atoms in total. The molecule has 0 heterocycles. The largest absolute Gasteiger partial charge is 0.396 e. The van der Waals surface area contributed by atoms with Crippen LogP contribution in [0.15, 0.2) is 0 Å². The van der Waals surface area contributed by atoms with Crippen LogP contribution in [-0.4, -0.2) is 35.6 Å². The lowest BCUT2D eigenvalue weighted by atomic mass is 10.2. The van der Waals surface area contributed by atoms with E-state index < -0.39 is 0 Å². The average Bonchev–Trinajstić information content (AvgIpc) is 2.15. The molecule has 1 amide bonds. The van der Waals surface area contributed by atoms with Crippen LogP contribution in [0.25, 0.3) is 0 Å². The van der Waals surface area contributed by atoms with Crippen LogP contribution in [0, 0.1) is 11.3 Å². The maximum Gasteiger partial charge on any atom is 0.223 e. The van der Waals surface area contributed by atoms with Gasteiger partial charge < -0.3 is 10.0 Å². The summed E-state index contributed by atoms with van der Waals surface area (Å²) in [6.45, 7) is 1.88. The van der Waals surface area contributed by atoms with Gasteiger partial charge in [-0.2, -0.15) is 5.26 Å². The van der Waals surface area contributed by atoms with Crippen molar-refractivity contribution in [2.75, 3.05) is 13.7 Å². The summed E-state index contributed by atoms with van der Waals surface area (Å²) in [7, 11) is 1.62. The van der Waals surface area contributed by atoms with Crippen molar-refractivity contribution in [1.29, 1.82) is 5.26 Å². The Balaban J connectivity index is 4.01. The fourth-order valence-electron chi connectivity index (χ4n) is 1.03. The molecule has 0 spiro atoms. The van der Waals surface area contributed by atoms with Gasteiger partial charge in [-0.3, -0.25) is 4.79 Å². The third kappa shape index (κ3) is 3.90. The lowest BCUT2D eigenvalue weighted by molar-refractivity contribution is -0.131. The molecule has 1 N–H and O–H groups in total. The van der Waals surface area contributed by atoms with E-state index in [0.29, 0.717) is 19.3 Å². The van der Waals surface area contributed by atoms with Crippen molar-refractivity contribution in [1.82, 2.24) is 4.90 Å². The van der Waals surface area contributed by atoms with Gasteiger partial charge in [-0.15, -0.1) is 0 Å². The third-order valence-electron chi connectivity index (χ3n) is 1.95. The molecule has 74 valence electrons. The van der Waals surface area contributed by atoms with Crippen molar-refractivity contribution >= 4 is 5.91 Å². The number of carbonyl (C=O) groups is 1. The van der Waals surface area contributed by atoms with Gasteiger partial charge in [0, 0.05) is 20.1 Å². The van der Waals surface area contributed by atoms with Gasteiger partial charge in [-0.25, -0.2) is 0 Å². The van der Waals surface area contributed by atoms with Gasteiger partial charge in [0.1, 0.15) is 6.04 Å². The van der Waals surface area contributed by atoms with Crippen LogP contribution in [-0.2, 0) is 4.79 Å². The molecule has 0 unspecified atom stereocenters. The van der Waals surface area contributed by atoms with Crippen molar-refractivity contribution in [3.63, 3.8) is 0 Å². The number of nitrogens with zero attached hydrogens (tertiary/aromatic N) is 2. The molecule has 1 atom stereocenters. The van der Waals surface area contributed by atoms with E-state index in [9.17, 15) is 4.79 Å². The molecule has 13 heavy (non-hydrogen) atoms. The smallest absolute Gasteiger partial charge is 0.223 e. The number of aliphatic hydroxyl groups excluding tert-OH is 1. The molecule has 0 aliphatic rings. The fraction of sp³-hybridized carbons (Fsp3) is 0.778. The van der Waals surface area contributed by atoms with E-state index in [0.717, 1.165) is 0 Å². The molecule has 4 heteroatoms. The highest BCUT2D eigenvalue weighted by molar-refractivity contribution is 5.76. The molecule has 0 aromatic rings. The van der Waals surface area contributed by atoms with Crippen LogP contribution in [0.3, 0.4) is 0 Å². The van der Waals surface area contributed by atoms with Gasteiger partial charge in [-0.05, 0) is 12.8 Å². The number of rotatable bonds is 5. The van der Waals surface area contributed by atoms with Crippen LogP contribution in [0.1, 0.15) is 26.2 Å². The highest BCUT2D eigenvalue weighted by atomic mass is 16.3. The normalized spacial score (nSPS) is 11.8. The standard InChI is InChI=1S/C9H16N2O2/c1-3-8(7-10)11(2)9(13)5-4-6-12/h8,12H,3-6H2,1-2H3/t8-/m0/s1. The lowest BCUT2D eigenvalue weighted by Gasteiger charge is -2.21. The third-order valence-corrected chi connectivity index (χ3v) is 1.95. The Morgan fingerprint density at radius 1 is 1.69 bits per heavy atom. The molecule has 0 aliphatic carbocycles. The van der Waals surface area contributed by atoms with E-state index in [4.69, 9.17) is 10.4 Å². The van der Waals surface area contributed by atoms with E-state index in [1.165, 1.54) is 4.90 Å². The summed E-state index contributed by atoms with van der Waals surface area (Å²) in [5.74, 6) is -0.0811. The van der Waals surface area contributed by atoms with Crippen LogP contribution >= 0.6 is 0 Å². The van der Waals surface area contributed by atoms with E-state index in [1.807, 2.05) is 6.92 Å². The maximum atomic E-state index is 11.3. The molecular weight excluding hydrogens is 168 g/mol. The Kier molecular flexibility index (Phi) is 5.90. The Morgan fingerprint density at radius 2 is 2.31 bits per heavy atom. The second kappa shape index (κ2) is 6.44. The number of nitriles is 1. The molecule has 0 bridgehead atoms. The van der Waals surface area contributed by atoms with Gasteiger partial charge in [-0.1, -0.05) is 6.92 Å². The first-order chi connectivity index (χ1) is 6.17. The predicted octanol–water partition coefficient (Wildman–Crippen LogP) is 0.519. The van der Waals surface area contributed by atoms with Crippen molar-refractivity contribution in [3.8, 4) is 6.07 Å². The minimum atomic E-state index is -0.341. The van der Waals surface area contributed by atoms with E-state index in [1.54, 1.807) is 7.05 Å². The maximum absolute atomic E-state index is 11.3. The first-order valence-electron chi connectivity index (χ1n) is 4.43. The summed E-state index contributed by atoms with van der Waals surface area (Å²) in [4.78, 5) is 12.8. The summed E-state index contributed by atoms with van der Waals surface area (Å²) in [5.41, 5.74) is 0. The first kappa shape index (κ1) is 11.9. The second-order valence-electron chi connectivity index (χ2n) is 2.88. The SMILES string of the molecule is CC[C@@H](C#N)N(C)C(=O)CCCO. The zero-order valence-electron chi connectivity index (χ0n) is 8.16. The van der Waals surface area contributed by atoms with Gasteiger partial charge in [0.2, 0.25) is 5.91 Å². The second-order valence-corrected chi connectivity index (χ2v) is 2.88. The monoisotopic (exact) mass is 184 g/mol. The van der Waals surface area contributed by atoms with Crippen LogP contribution in [0.2, 0.25) is 0 Å². The predicted molar refractivity (Wildman–Crippen MR) is 48.8 cm³/mol. The van der Waals surface area contributed by atoms with Gasteiger partial charge in [0.15, 0.2) is 0 Å². The molecule has 0 saturated heterocycles. The van der Waals surface area contributed by atoms with E-state index in [-0.39, 0.29) is 18.6 Å². The Hall–Kier alpha value is -1.08. The zero-order chi connectivity index (χ0) is 10.3. The topological polar surface area (TPSA) is 64.3 Å². The summed E-state index contributed by atoms with van der Waals surface area (Å²) >= 11 is 0. The van der Waals surface area contributed by atoms with Crippen molar-refractivity contribution < 1.29 is 9.90 Å². The van der Waals surface area contributed by atoms with Crippen LogP contribution in [0.5, 0.6) is 0 Å². The molecule has 0 saturated carbocycles. The number of hydrogen-bond acceptors (Lipinski definition) is 3. The Bertz CT molecular complexity index is 198. The van der Waals surface area contributed by atoms with Crippen LogP contribution in [0.4, 0.5) is 0 Å². The van der Waals surface area contributed by atoms with Crippen molar-refractivity contribution in [2.24, 2.45) is 0 Å². The van der Waals surface area contributed by atoms with Crippen molar-refractivity contribution in [2.45, 2.75) is 32.2 Å². The molecule has 0 aromatic heterocycles. The summed E-state index contributed by atoms with van der Waals surface area (Å²) < 4.78 is 0. The minimum Gasteiger partial charge on any atom is -0.396 e. The summed E-state index contributed by atoms with van der Waals surface area (Å²) in [5, 5.41) is 17.2. The molecule has 0 rings (SSSR count). The lowest BCUT2D eigenvalue weighted by Crippen LogP contribution is -2.35. The molecule has 0 aromatic carbocycles. The molecular formula is C9H16N2O2. The number of aliphatic hydroxyl groups is 1. The first-order valence-corrected chi connectivity index (χ1v) is 4.43. The highest BCUT2D eigenvalue weighted by Crippen LogP contribution is 2.03. The Morgan fingerprint density at radius 3 is 2.69 bits per heavy atom. The van der Waals surface area contributed by atoms with Gasteiger partial charge >= 0.3 is 0 Å². The number of hydrogen-bond donors (Lipinski definition) is 1. The highest BCUT2D eigenvalue weighted by Gasteiger charge is 2.16. The van der Waals surface area contributed by atoms with E-state index >= 15 is 0 Å².